The highest BCUT2D eigenvalue weighted by Gasteiger charge is 2.69. The molecule has 25 heavy (non-hydrogen) atoms. The largest absolute Gasteiger partial charge is 0.481 e. The van der Waals surface area contributed by atoms with Gasteiger partial charge in [0.25, 0.3) is 0 Å². The van der Waals surface area contributed by atoms with Crippen LogP contribution in [0.2, 0.25) is 0 Å². The Kier molecular flexibility index (Phi) is 2.86. The Balaban J connectivity index is 1.51. The van der Waals surface area contributed by atoms with E-state index in [0.717, 1.165) is 24.3 Å². The average molecular weight is 342 g/mol. The van der Waals surface area contributed by atoms with Gasteiger partial charge in [0.15, 0.2) is 11.5 Å². The van der Waals surface area contributed by atoms with E-state index in [1.54, 1.807) is 0 Å². The first-order valence-electron chi connectivity index (χ1n) is 8.91. The van der Waals surface area contributed by atoms with Crippen molar-refractivity contribution in [2.75, 3.05) is 24.6 Å². The molecule has 0 aromatic carbocycles. The molecule has 1 saturated carbocycles. The third kappa shape index (κ3) is 1.99. The fourth-order valence-electron chi connectivity index (χ4n) is 4.62. The van der Waals surface area contributed by atoms with Crippen molar-refractivity contribution < 1.29 is 14.6 Å². The van der Waals surface area contributed by atoms with Crippen LogP contribution < -0.4 is 4.90 Å². The molecule has 2 aromatic rings. The van der Waals surface area contributed by atoms with Gasteiger partial charge in [-0.15, -0.1) is 5.10 Å². The van der Waals surface area contributed by atoms with Crippen molar-refractivity contribution in [1.29, 1.82) is 0 Å². The quantitative estimate of drug-likeness (QED) is 0.919. The second-order valence-corrected chi connectivity index (χ2v) is 8.15. The molecule has 2 aromatic heterocycles. The molecule has 5 heterocycles. The Morgan fingerprint density at radius 1 is 1.44 bits per heavy atom. The summed E-state index contributed by atoms with van der Waals surface area (Å²) < 4.78 is 7.68. The van der Waals surface area contributed by atoms with Gasteiger partial charge in [-0.25, -0.2) is 9.50 Å². The molecule has 7 nitrogen and oxygen atoms in total. The van der Waals surface area contributed by atoms with Crippen LogP contribution in [0.5, 0.6) is 0 Å². The summed E-state index contributed by atoms with van der Waals surface area (Å²) >= 11 is 0. The van der Waals surface area contributed by atoms with E-state index in [-0.39, 0.29) is 6.61 Å². The number of pyridine rings is 1. The van der Waals surface area contributed by atoms with Crippen LogP contribution >= 0.6 is 0 Å². The monoisotopic (exact) mass is 342 g/mol. The molecule has 7 heteroatoms. The first-order valence-corrected chi connectivity index (χ1v) is 8.91. The lowest BCUT2D eigenvalue weighted by Crippen LogP contribution is -2.47. The summed E-state index contributed by atoms with van der Waals surface area (Å²) in [4.78, 5) is 18.5. The van der Waals surface area contributed by atoms with Gasteiger partial charge in [-0.2, -0.15) is 0 Å². The number of ether oxygens (including phenoxy) is 1. The molecule has 0 amide bonds. The summed E-state index contributed by atoms with van der Waals surface area (Å²) in [6.07, 6.45) is 4.20. The number of fused-ring (bicyclic) bond motifs is 2. The number of rotatable bonds is 3. The van der Waals surface area contributed by atoms with Crippen LogP contribution in [0.25, 0.3) is 5.65 Å². The van der Waals surface area contributed by atoms with E-state index in [1.807, 2.05) is 17.6 Å². The molecular formula is C18H22N4O3. The zero-order valence-corrected chi connectivity index (χ0v) is 14.5. The van der Waals surface area contributed by atoms with Gasteiger partial charge in [0.05, 0.1) is 23.9 Å². The minimum absolute atomic E-state index is 0.258. The van der Waals surface area contributed by atoms with Crippen LogP contribution in [-0.2, 0) is 15.1 Å². The van der Waals surface area contributed by atoms with E-state index in [9.17, 15) is 9.90 Å². The Bertz CT molecular complexity index is 884. The second-order valence-electron chi connectivity index (χ2n) is 8.15. The third-order valence-corrected chi connectivity index (χ3v) is 6.13. The predicted molar refractivity (Wildman–Crippen MR) is 90.7 cm³/mol. The van der Waals surface area contributed by atoms with E-state index in [2.05, 4.69) is 23.0 Å². The Labute approximate surface area is 145 Å². The summed E-state index contributed by atoms with van der Waals surface area (Å²) in [5.41, 5.74) is 1.73. The van der Waals surface area contributed by atoms with Gasteiger partial charge in [-0.1, -0.05) is 6.92 Å². The number of hydrogen-bond donors (Lipinski definition) is 1. The standard InChI is InChI=1S/C18H22N4O3/c1-11-3-4-21(6-11)13-5-12(2)14-19-15(20-22(14)7-13)18-8-17(9-18,10-25-18)16(23)24/h5,7,11H,3-4,6,8-10H2,1-2H3,(H,23,24). The number of hydrogen-bond acceptors (Lipinski definition) is 5. The van der Waals surface area contributed by atoms with Crippen molar-refractivity contribution in [1.82, 2.24) is 14.6 Å². The van der Waals surface area contributed by atoms with Crippen LogP contribution in [0, 0.1) is 18.3 Å². The molecule has 6 rings (SSSR count). The van der Waals surface area contributed by atoms with Gasteiger partial charge in [0.1, 0.15) is 5.60 Å². The molecule has 3 saturated heterocycles. The highest BCUT2D eigenvalue weighted by Crippen LogP contribution is 2.62. The fraction of sp³-hybridized carbons (Fsp3) is 0.611. The minimum Gasteiger partial charge on any atom is -0.481 e. The normalized spacial score (nSPS) is 33.8. The molecule has 3 aliphatic heterocycles. The Morgan fingerprint density at radius 2 is 2.24 bits per heavy atom. The van der Waals surface area contributed by atoms with E-state index in [4.69, 9.17) is 9.72 Å². The molecule has 1 atom stereocenters. The van der Waals surface area contributed by atoms with Crippen molar-refractivity contribution in [3.8, 4) is 0 Å². The van der Waals surface area contributed by atoms with Gasteiger partial charge in [0, 0.05) is 25.9 Å². The highest BCUT2D eigenvalue weighted by atomic mass is 16.5. The Hall–Kier alpha value is -2.15. The van der Waals surface area contributed by atoms with E-state index in [0.29, 0.717) is 24.6 Å². The number of nitrogens with zero attached hydrogens (tertiary/aromatic N) is 4. The molecule has 4 fully saturated rings. The van der Waals surface area contributed by atoms with Gasteiger partial charge in [-0.3, -0.25) is 4.79 Å². The number of carboxylic acids is 1. The first kappa shape index (κ1) is 15.1. The summed E-state index contributed by atoms with van der Waals surface area (Å²) in [5, 5.41) is 14.1. The maximum atomic E-state index is 11.4. The lowest BCUT2D eigenvalue weighted by Gasteiger charge is -2.39. The van der Waals surface area contributed by atoms with Crippen molar-refractivity contribution in [2.24, 2.45) is 11.3 Å². The third-order valence-electron chi connectivity index (χ3n) is 6.13. The molecule has 1 aliphatic carbocycles. The molecule has 1 unspecified atom stereocenters. The maximum Gasteiger partial charge on any atom is 0.312 e. The molecule has 4 aliphatic rings. The number of aromatic nitrogens is 3. The SMILES string of the molecule is Cc1cc(N2CCC(C)C2)cn2nc(C34CC(C(=O)O)(CO3)C4)nc12. The zero-order chi connectivity index (χ0) is 17.4. The number of carbonyl (C=O) groups is 1. The van der Waals surface area contributed by atoms with E-state index in [1.165, 1.54) is 12.1 Å². The van der Waals surface area contributed by atoms with Crippen molar-refractivity contribution in [2.45, 2.75) is 38.7 Å². The van der Waals surface area contributed by atoms with Crippen LogP contribution in [0.4, 0.5) is 5.69 Å². The van der Waals surface area contributed by atoms with Crippen LogP contribution in [0.3, 0.4) is 0 Å². The average Bonchev–Trinajstić information content (AvgIpc) is 3.27. The fourth-order valence-corrected chi connectivity index (χ4v) is 4.62. The zero-order valence-electron chi connectivity index (χ0n) is 14.5. The number of aryl methyl sites for hydroxylation is 1. The Morgan fingerprint density at radius 3 is 2.88 bits per heavy atom. The molecule has 0 radical (unpaired) electrons. The second kappa shape index (κ2) is 4.72. The lowest BCUT2D eigenvalue weighted by molar-refractivity contribution is -0.154. The summed E-state index contributed by atoms with van der Waals surface area (Å²) in [6, 6.07) is 2.17. The summed E-state index contributed by atoms with van der Waals surface area (Å²) in [6.45, 7) is 6.73. The molecule has 132 valence electrons. The number of carboxylic acid groups (broad SMARTS) is 1. The van der Waals surface area contributed by atoms with Gasteiger partial charge in [0.2, 0.25) is 0 Å². The topological polar surface area (TPSA) is 80.0 Å². The predicted octanol–water partition coefficient (Wildman–Crippen LogP) is 1.97. The van der Waals surface area contributed by atoms with Gasteiger partial charge in [-0.05, 0) is 30.9 Å². The van der Waals surface area contributed by atoms with Gasteiger partial charge >= 0.3 is 5.97 Å². The van der Waals surface area contributed by atoms with Crippen LogP contribution in [0.1, 0.15) is 37.6 Å². The van der Waals surface area contributed by atoms with Crippen LogP contribution in [-0.4, -0.2) is 45.4 Å². The maximum absolute atomic E-state index is 11.4. The van der Waals surface area contributed by atoms with Crippen molar-refractivity contribution in [3.05, 3.63) is 23.7 Å². The van der Waals surface area contributed by atoms with E-state index >= 15 is 0 Å². The summed E-state index contributed by atoms with van der Waals surface area (Å²) in [7, 11) is 0. The first-order chi connectivity index (χ1) is 11.9. The minimum atomic E-state index is -0.772. The molecular weight excluding hydrogens is 320 g/mol. The molecule has 2 bridgehead atoms. The van der Waals surface area contributed by atoms with Gasteiger partial charge < -0.3 is 14.7 Å². The van der Waals surface area contributed by atoms with E-state index < -0.39 is 17.0 Å². The summed E-state index contributed by atoms with van der Waals surface area (Å²) in [5.74, 6) is 0.565. The number of anilines is 1. The molecule has 1 N–H and O–H groups in total. The highest BCUT2D eigenvalue weighted by molar-refractivity contribution is 5.77. The van der Waals surface area contributed by atoms with Crippen LogP contribution in [0.15, 0.2) is 12.3 Å². The molecule has 0 spiro atoms. The van der Waals surface area contributed by atoms with Crippen molar-refractivity contribution >= 4 is 17.3 Å². The number of aliphatic carboxylic acids is 1. The van der Waals surface area contributed by atoms with Crippen molar-refractivity contribution in [3.63, 3.8) is 0 Å². The lowest BCUT2D eigenvalue weighted by atomic mass is 9.62. The smallest absolute Gasteiger partial charge is 0.312 e.